The van der Waals surface area contributed by atoms with E-state index < -0.39 is 10.8 Å². The summed E-state index contributed by atoms with van der Waals surface area (Å²) in [6.07, 6.45) is 1.65. The summed E-state index contributed by atoms with van der Waals surface area (Å²) in [6, 6.07) is 15.4. The van der Waals surface area contributed by atoms with Gasteiger partial charge in [-0.1, -0.05) is 12.1 Å². The number of rotatable bonds is 9. The number of amides is 2. The molecular formula is C25H17FI2N2O6S. The van der Waals surface area contributed by atoms with Crippen molar-refractivity contribution in [3.05, 3.63) is 99.8 Å². The van der Waals surface area contributed by atoms with Crippen molar-refractivity contribution in [1.29, 1.82) is 0 Å². The molecule has 2 amide bonds. The highest BCUT2D eigenvalue weighted by Crippen LogP contribution is 2.35. The van der Waals surface area contributed by atoms with Gasteiger partial charge in [0.05, 0.1) is 23.5 Å². The topological polar surface area (TPSA) is 99.0 Å². The van der Waals surface area contributed by atoms with Crippen LogP contribution in [-0.4, -0.2) is 34.1 Å². The number of thioether (sulfide) groups is 1. The lowest BCUT2D eigenvalue weighted by Gasteiger charge is -2.13. The first-order chi connectivity index (χ1) is 17.7. The average molecular weight is 746 g/mol. The number of hydrogen-bond acceptors (Lipinski definition) is 7. The third-order valence-corrected chi connectivity index (χ3v) is 7.60. The average Bonchev–Trinajstić information content (AvgIpc) is 3.12. The highest BCUT2D eigenvalue weighted by Gasteiger charge is 2.34. The van der Waals surface area contributed by atoms with E-state index in [9.17, 15) is 24.1 Å². The molecule has 8 nitrogen and oxygen atoms in total. The Hall–Kier alpha value is -2.72. The second-order valence-corrected chi connectivity index (χ2v) is 11.0. The SMILES string of the molecule is O=C1S/C(=C\c2cc(I)c(OCc3cccc([N+](=O)[O-])c3)c(I)c2)C(=O)N1CCOc1ccc(F)cc1. The quantitative estimate of drug-likeness (QED) is 0.105. The molecule has 0 aromatic heterocycles. The maximum atomic E-state index is 13.0. The van der Waals surface area contributed by atoms with E-state index in [0.29, 0.717) is 22.0 Å². The second-order valence-electron chi connectivity index (χ2n) is 7.67. The molecule has 0 spiro atoms. The lowest BCUT2D eigenvalue weighted by molar-refractivity contribution is -0.384. The van der Waals surface area contributed by atoms with Gasteiger partial charge in [-0.3, -0.25) is 24.6 Å². The molecule has 12 heteroatoms. The first kappa shape index (κ1) is 27.3. The van der Waals surface area contributed by atoms with E-state index in [4.69, 9.17) is 9.47 Å². The molecule has 37 heavy (non-hydrogen) atoms. The Morgan fingerprint density at radius 1 is 1.03 bits per heavy atom. The number of hydrogen-bond donors (Lipinski definition) is 0. The van der Waals surface area contributed by atoms with Crippen LogP contribution < -0.4 is 9.47 Å². The van der Waals surface area contributed by atoms with Gasteiger partial charge in [-0.25, -0.2) is 4.39 Å². The Morgan fingerprint density at radius 2 is 1.73 bits per heavy atom. The monoisotopic (exact) mass is 746 g/mol. The third-order valence-electron chi connectivity index (χ3n) is 5.09. The van der Waals surface area contributed by atoms with Crippen LogP contribution in [0.1, 0.15) is 11.1 Å². The summed E-state index contributed by atoms with van der Waals surface area (Å²) in [4.78, 5) is 37.2. The maximum absolute atomic E-state index is 13.0. The molecule has 0 radical (unpaired) electrons. The zero-order chi connectivity index (χ0) is 26.5. The van der Waals surface area contributed by atoms with Crippen LogP contribution in [0.25, 0.3) is 6.08 Å². The van der Waals surface area contributed by atoms with Gasteiger partial charge in [-0.05, 0) is 111 Å². The van der Waals surface area contributed by atoms with Crippen molar-refractivity contribution in [1.82, 2.24) is 4.90 Å². The number of nitrogens with zero attached hydrogens (tertiary/aromatic N) is 2. The van der Waals surface area contributed by atoms with Gasteiger partial charge in [-0.2, -0.15) is 0 Å². The van der Waals surface area contributed by atoms with Gasteiger partial charge < -0.3 is 9.47 Å². The molecule has 1 fully saturated rings. The van der Waals surface area contributed by atoms with Crippen molar-refractivity contribution in [3.63, 3.8) is 0 Å². The number of ether oxygens (including phenoxy) is 2. The lowest BCUT2D eigenvalue weighted by Crippen LogP contribution is -2.32. The summed E-state index contributed by atoms with van der Waals surface area (Å²) in [5, 5.41) is 10.6. The molecule has 0 bridgehead atoms. The summed E-state index contributed by atoms with van der Waals surface area (Å²) in [5.74, 6) is 0.278. The molecule has 4 rings (SSSR count). The number of benzene rings is 3. The Balaban J connectivity index is 1.40. The van der Waals surface area contributed by atoms with Crippen molar-refractivity contribution in [2.24, 2.45) is 0 Å². The first-order valence-corrected chi connectivity index (χ1v) is 13.7. The van der Waals surface area contributed by atoms with Crippen molar-refractivity contribution >= 4 is 79.9 Å². The zero-order valence-corrected chi connectivity index (χ0v) is 24.0. The first-order valence-electron chi connectivity index (χ1n) is 10.7. The van der Waals surface area contributed by atoms with Gasteiger partial charge in [0.15, 0.2) is 0 Å². The molecule has 1 saturated heterocycles. The lowest BCUT2D eigenvalue weighted by atomic mass is 10.2. The predicted molar refractivity (Wildman–Crippen MR) is 154 cm³/mol. The van der Waals surface area contributed by atoms with Crippen LogP contribution in [0, 0.1) is 23.1 Å². The number of carbonyl (C=O) groups is 2. The van der Waals surface area contributed by atoms with Crippen LogP contribution >= 0.6 is 56.9 Å². The highest BCUT2D eigenvalue weighted by atomic mass is 127. The van der Waals surface area contributed by atoms with E-state index in [2.05, 4.69) is 45.2 Å². The molecular weight excluding hydrogens is 729 g/mol. The van der Waals surface area contributed by atoms with E-state index in [-0.39, 0.29) is 36.5 Å². The minimum Gasteiger partial charge on any atom is -0.492 e. The molecule has 0 atom stereocenters. The van der Waals surface area contributed by atoms with E-state index in [1.165, 1.54) is 36.4 Å². The van der Waals surface area contributed by atoms with Crippen LogP contribution in [0.15, 0.2) is 65.6 Å². The van der Waals surface area contributed by atoms with Gasteiger partial charge in [0, 0.05) is 12.1 Å². The van der Waals surface area contributed by atoms with Gasteiger partial charge in [0.25, 0.3) is 16.8 Å². The highest BCUT2D eigenvalue weighted by molar-refractivity contribution is 14.1. The fourth-order valence-electron chi connectivity index (χ4n) is 3.35. The molecule has 0 saturated carbocycles. The zero-order valence-electron chi connectivity index (χ0n) is 18.9. The number of halogens is 3. The standard InChI is InChI=1S/C25H17FI2N2O6S/c26-17-4-6-19(7-5-17)35-9-8-29-24(31)22(37-25(29)32)13-16-11-20(27)23(21(28)12-16)36-14-15-2-1-3-18(10-15)30(33)34/h1-7,10-13H,8-9,14H2/b22-13-. The number of nitro benzene ring substituents is 1. The number of imide groups is 1. The summed E-state index contributed by atoms with van der Waals surface area (Å²) >= 11 is 5.10. The molecule has 0 aliphatic carbocycles. The molecule has 3 aromatic carbocycles. The van der Waals surface area contributed by atoms with Crippen molar-refractivity contribution in [2.45, 2.75) is 6.61 Å². The largest absolute Gasteiger partial charge is 0.492 e. The molecule has 0 N–H and O–H groups in total. The molecule has 3 aromatic rings. The van der Waals surface area contributed by atoms with Gasteiger partial charge in [0.1, 0.15) is 30.5 Å². The van der Waals surface area contributed by atoms with E-state index in [1.54, 1.807) is 18.2 Å². The summed E-state index contributed by atoms with van der Waals surface area (Å²) in [5.41, 5.74) is 1.39. The normalized spacial score (nSPS) is 14.4. The summed E-state index contributed by atoms with van der Waals surface area (Å²) in [6.45, 7) is 0.314. The van der Waals surface area contributed by atoms with Crippen LogP contribution in [0.2, 0.25) is 0 Å². The Kier molecular flexibility index (Phi) is 9.02. The third kappa shape index (κ3) is 6.98. The van der Waals surface area contributed by atoms with E-state index >= 15 is 0 Å². The van der Waals surface area contributed by atoms with Crippen LogP contribution in [0.3, 0.4) is 0 Å². The van der Waals surface area contributed by atoms with E-state index in [1.807, 2.05) is 12.1 Å². The Bertz CT molecular complexity index is 1380. The minimum absolute atomic E-state index is 0.00296. The van der Waals surface area contributed by atoms with Gasteiger partial charge >= 0.3 is 0 Å². The molecule has 190 valence electrons. The van der Waals surface area contributed by atoms with Crippen LogP contribution in [0.5, 0.6) is 11.5 Å². The van der Waals surface area contributed by atoms with E-state index in [0.717, 1.165) is 29.4 Å². The smallest absolute Gasteiger partial charge is 0.293 e. The van der Waals surface area contributed by atoms with Gasteiger partial charge in [-0.15, -0.1) is 0 Å². The van der Waals surface area contributed by atoms with Crippen LogP contribution in [0.4, 0.5) is 14.9 Å². The molecule has 1 aliphatic rings. The second kappa shape index (κ2) is 12.2. The maximum Gasteiger partial charge on any atom is 0.293 e. The van der Waals surface area contributed by atoms with Crippen molar-refractivity contribution in [3.8, 4) is 11.5 Å². The van der Waals surface area contributed by atoms with Crippen LogP contribution in [-0.2, 0) is 11.4 Å². The minimum atomic E-state index is -0.452. The summed E-state index contributed by atoms with van der Waals surface area (Å²) < 4.78 is 26.0. The van der Waals surface area contributed by atoms with Crippen molar-refractivity contribution in [2.75, 3.05) is 13.2 Å². The summed E-state index contributed by atoms with van der Waals surface area (Å²) in [7, 11) is 0. The molecule has 1 heterocycles. The van der Waals surface area contributed by atoms with Crippen molar-refractivity contribution < 1.29 is 28.4 Å². The molecule has 0 unspecified atom stereocenters. The fourth-order valence-corrected chi connectivity index (χ4v) is 6.34. The number of carbonyl (C=O) groups excluding carboxylic acids is 2. The number of non-ortho nitro benzene ring substituents is 1. The predicted octanol–water partition coefficient (Wildman–Crippen LogP) is 6.64. The van der Waals surface area contributed by atoms with Gasteiger partial charge in [0.2, 0.25) is 0 Å². The molecule has 1 aliphatic heterocycles. The Labute approximate surface area is 242 Å². The number of nitro groups is 1. The Morgan fingerprint density at radius 3 is 2.41 bits per heavy atom. The fraction of sp³-hybridized carbons (Fsp3) is 0.120.